The number of aliphatic imine (C=N–C) groups is 1. The molecule has 1 amide bonds. The maximum atomic E-state index is 13.8. The minimum absolute atomic E-state index is 0.00402. The van der Waals surface area contributed by atoms with E-state index >= 15 is 0 Å². The van der Waals surface area contributed by atoms with E-state index in [9.17, 15) is 9.59 Å². The number of amidine groups is 1. The molecule has 5 rings (SSSR count). The molecule has 3 aromatic rings. The zero-order chi connectivity index (χ0) is 30.9. The Labute approximate surface area is 259 Å². The second-order valence-corrected chi connectivity index (χ2v) is 10.9. The van der Waals surface area contributed by atoms with Crippen LogP contribution < -0.4 is 9.47 Å². The molecule has 0 N–H and O–H groups in total. The van der Waals surface area contributed by atoms with Gasteiger partial charge in [0.2, 0.25) is 0 Å². The maximum Gasteiger partial charge on any atom is 0.347 e. The van der Waals surface area contributed by atoms with Gasteiger partial charge in [-0.05, 0) is 48.7 Å². The van der Waals surface area contributed by atoms with Crippen molar-refractivity contribution in [2.45, 2.75) is 57.7 Å². The number of hydrogen-bond donors (Lipinski definition) is 0. The first-order valence-corrected chi connectivity index (χ1v) is 15.3. The first kappa shape index (κ1) is 30.8. The molecule has 0 saturated heterocycles. The Kier molecular flexibility index (Phi) is 10.3. The summed E-state index contributed by atoms with van der Waals surface area (Å²) in [7, 11) is 1.85. The minimum Gasteiger partial charge on any atom is -0.492 e. The number of ether oxygens (including phenoxy) is 3. The van der Waals surface area contributed by atoms with Gasteiger partial charge in [-0.25, -0.2) is 4.79 Å². The van der Waals surface area contributed by atoms with E-state index in [0.717, 1.165) is 35.5 Å². The molecule has 0 bridgehead atoms. The van der Waals surface area contributed by atoms with Crippen LogP contribution >= 0.6 is 0 Å². The van der Waals surface area contributed by atoms with Crippen LogP contribution in [0.2, 0.25) is 0 Å². The van der Waals surface area contributed by atoms with Gasteiger partial charge in [-0.15, -0.1) is 0 Å². The monoisotopic (exact) mass is 596 g/mol. The van der Waals surface area contributed by atoms with Gasteiger partial charge in [0.05, 0.1) is 18.9 Å². The summed E-state index contributed by atoms with van der Waals surface area (Å²) in [5, 5.41) is 6.44. The van der Waals surface area contributed by atoms with Crippen molar-refractivity contribution in [3.8, 4) is 11.5 Å². The van der Waals surface area contributed by atoms with E-state index < -0.39 is 18.1 Å². The van der Waals surface area contributed by atoms with Crippen molar-refractivity contribution in [1.29, 1.82) is 0 Å². The summed E-state index contributed by atoms with van der Waals surface area (Å²) in [6.45, 7) is 4.83. The summed E-state index contributed by atoms with van der Waals surface area (Å²) in [5.41, 5.74) is 2.97. The Morgan fingerprint density at radius 1 is 0.909 bits per heavy atom. The van der Waals surface area contributed by atoms with Gasteiger partial charge in [0.15, 0.2) is 12.1 Å². The van der Waals surface area contributed by atoms with Gasteiger partial charge in [0.25, 0.3) is 5.91 Å². The highest BCUT2D eigenvalue weighted by atomic mass is 16.6. The van der Waals surface area contributed by atoms with Crippen LogP contribution in [0.15, 0.2) is 95.0 Å². The molecule has 2 heterocycles. The van der Waals surface area contributed by atoms with Gasteiger partial charge in [0, 0.05) is 19.9 Å². The molecule has 3 aromatic carbocycles. The van der Waals surface area contributed by atoms with Gasteiger partial charge in [-0.1, -0.05) is 74.0 Å². The van der Waals surface area contributed by atoms with Crippen LogP contribution in [0.5, 0.6) is 11.5 Å². The molecule has 230 valence electrons. The normalized spacial score (nSPS) is 18.3. The minimum atomic E-state index is -0.768. The van der Waals surface area contributed by atoms with Gasteiger partial charge in [0.1, 0.15) is 30.0 Å². The molecule has 44 heavy (non-hydrogen) atoms. The lowest BCUT2D eigenvalue weighted by molar-refractivity contribution is -0.151. The summed E-state index contributed by atoms with van der Waals surface area (Å²) in [4.78, 5) is 33.3. The van der Waals surface area contributed by atoms with E-state index in [1.54, 1.807) is 16.8 Å². The molecule has 2 aliphatic rings. The number of likely N-dealkylation sites (N-methyl/N-ethyl adjacent to an activating group) is 1. The smallest absolute Gasteiger partial charge is 0.347 e. The van der Waals surface area contributed by atoms with Gasteiger partial charge < -0.3 is 14.2 Å². The number of carbonyl (C=O) groups is 2. The van der Waals surface area contributed by atoms with Crippen molar-refractivity contribution in [1.82, 2.24) is 9.91 Å². The lowest BCUT2D eigenvalue weighted by atomic mass is 9.97. The number of fused-ring (bicyclic) bond motifs is 1. The van der Waals surface area contributed by atoms with E-state index in [4.69, 9.17) is 19.2 Å². The second-order valence-electron chi connectivity index (χ2n) is 10.9. The number of hydrazone groups is 1. The van der Waals surface area contributed by atoms with E-state index in [-0.39, 0.29) is 18.6 Å². The first-order valence-electron chi connectivity index (χ1n) is 15.3. The summed E-state index contributed by atoms with van der Waals surface area (Å²) in [5.74, 6) is 1.61. The third-order valence-electron chi connectivity index (χ3n) is 7.66. The topological polar surface area (TPSA) is 93.0 Å². The van der Waals surface area contributed by atoms with E-state index in [0.29, 0.717) is 37.5 Å². The molecule has 0 radical (unpaired) electrons. The Bertz CT molecular complexity index is 1460. The Balaban J connectivity index is 1.24. The zero-order valence-corrected chi connectivity index (χ0v) is 25.6. The van der Waals surface area contributed by atoms with Gasteiger partial charge in [-0.3, -0.25) is 19.7 Å². The van der Waals surface area contributed by atoms with Crippen molar-refractivity contribution in [3.63, 3.8) is 0 Å². The van der Waals surface area contributed by atoms with Crippen LogP contribution in [-0.2, 0) is 27.2 Å². The maximum absolute atomic E-state index is 13.8. The molecule has 2 aliphatic heterocycles. The van der Waals surface area contributed by atoms with Crippen LogP contribution in [0.4, 0.5) is 0 Å². The van der Waals surface area contributed by atoms with Crippen molar-refractivity contribution in [2.24, 2.45) is 10.1 Å². The number of para-hydroxylation sites is 1. The third kappa shape index (κ3) is 7.45. The van der Waals surface area contributed by atoms with Gasteiger partial charge in [-0.2, -0.15) is 5.10 Å². The second kappa shape index (κ2) is 14.7. The highest BCUT2D eigenvalue weighted by Crippen LogP contribution is 2.27. The summed E-state index contributed by atoms with van der Waals surface area (Å²) in [6, 6.07) is 26.2. The lowest BCUT2D eigenvalue weighted by Crippen LogP contribution is -2.57. The van der Waals surface area contributed by atoms with Crippen molar-refractivity contribution < 1.29 is 23.8 Å². The lowest BCUT2D eigenvalue weighted by Gasteiger charge is -2.35. The summed E-state index contributed by atoms with van der Waals surface area (Å²) < 4.78 is 17.3. The Morgan fingerprint density at radius 2 is 1.61 bits per heavy atom. The molecular formula is C35H40N4O5. The fourth-order valence-electron chi connectivity index (χ4n) is 5.54. The summed E-state index contributed by atoms with van der Waals surface area (Å²) in [6.07, 6.45) is 1.91. The fraction of sp³-hybridized carbons (Fsp3) is 0.371. The predicted molar refractivity (Wildman–Crippen MR) is 170 cm³/mol. The SMILES string of the molecule is CCCC1=NN(C)C2C(=O)N(CCOc3ccc(CC(Oc4ccccc4)C(=O)OCC)cc3)C(Cc3ccccc3)=NC12. The Morgan fingerprint density at radius 3 is 2.30 bits per heavy atom. The molecule has 0 aliphatic carbocycles. The number of rotatable bonds is 14. The number of amides is 1. The predicted octanol–water partition coefficient (Wildman–Crippen LogP) is 4.94. The van der Waals surface area contributed by atoms with Crippen LogP contribution in [-0.4, -0.2) is 78.3 Å². The van der Waals surface area contributed by atoms with Crippen LogP contribution in [0.25, 0.3) is 0 Å². The van der Waals surface area contributed by atoms with Crippen molar-refractivity contribution in [3.05, 3.63) is 96.1 Å². The van der Waals surface area contributed by atoms with E-state index in [1.807, 2.05) is 79.8 Å². The number of esters is 1. The largest absolute Gasteiger partial charge is 0.492 e. The molecule has 3 atom stereocenters. The van der Waals surface area contributed by atoms with Crippen molar-refractivity contribution >= 4 is 23.4 Å². The molecule has 0 saturated carbocycles. The molecule has 0 spiro atoms. The molecule has 0 aromatic heterocycles. The quantitative estimate of drug-likeness (QED) is 0.245. The van der Waals surface area contributed by atoms with E-state index in [1.165, 1.54) is 0 Å². The zero-order valence-electron chi connectivity index (χ0n) is 25.6. The molecule has 0 fully saturated rings. The highest BCUT2D eigenvalue weighted by Gasteiger charge is 2.46. The average Bonchev–Trinajstić information content (AvgIpc) is 3.35. The van der Waals surface area contributed by atoms with Crippen LogP contribution in [0.1, 0.15) is 37.8 Å². The number of nitrogens with zero attached hydrogens (tertiary/aromatic N) is 4. The number of hydrogen-bond acceptors (Lipinski definition) is 8. The fourth-order valence-corrected chi connectivity index (χ4v) is 5.54. The Hall–Kier alpha value is -4.66. The van der Waals surface area contributed by atoms with Crippen LogP contribution in [0.3, 0.4) is 0 Å². The number of carbonyl (C=O) groups excluding carboxylic acids is 2. The molecule has 9 nitrogen and oxygen atoms in total. The first-order chi connectivity index (χ1) is 21.5. The standard InChI is InChI=1S/C35H40N4O5/c1-4-12-29-32-33(38(3)37-29)34(40)39(31(36-32)24-25-13-8-6-9-14-25)21-22-43-27-19-17-26(18-20-27)23-30(35(41)42-5-2)44-28-15-10-7-11-16-28/h6-11,13-20,30,32-33H,4-5,12,21-24H2,1-3H3. The number of benzene rings is 3. The van der Waals surface area contributed by atoms with Crippen molar-refractivity contribution in [2.75, 3.05) is 26.8 Å². The van der Waals surface area contributed by atoms with Gasteiger partial charge >= 0.3 is 5.97 Å². The summed E-state index contributed by atoms with van der Waals surface area (Å²) >= 11 is 0. The molecule has 9 heteroatoms. The molecular weight excluding hydrogens is 556 g/mol. The average molecular weight is 597 g/mol. The van der Waals surface area contributed by atoms with Crippen LogP contribution in [0, 0.1) is 0 Å². The molecule has 3 unspecified atom stereocenters. The van der Waals surface area contributed by atoms with E-state index in [2.05, 4.69) is 24.2 Å². The highest BCUT2D eigenvalue weighted by molar-refractivity contribution is 6.09. The third-order valence-corrected chi connectivity index (χ3v) is 7.66.